The minimum absolute atomic E-state index is 0.187. The van der Waals surface area contributed by atoms with Crippen molar-refractivity contribution in [2.75, 3.05) is 5.32 Å². The summed E-state index contributed by atoms with van der Waals surface area (Å²) >= 11 is 6.18. The summed E-state index contributed by atoms with van der Waals surface area (Å²) in [5.41, 5.74) is 4.30. The third-order valence-corrected chi connectivity index (χ3v) is 4.86. The van der Waals surface area contributed by atoms with Gasteiger partial charge in [0.25, 0.3) is 0 Å². The van der Waals surface area contributed by atoms with E-state index in [1.54, 1.807) is 18.7 Å². The molecule has 9 heteroatoms. The SMILES string of the molecule is CC(C)n1nccc1-c1ncccc1CNc1nc(Cl)nc2c1ncn2C(C)C. The summed E-state index contributed by atoms with van der Waals surface area (Å²) in [6.07, 6.45) is 5.36. The van der Waals surface area contributed by atoms with Gasteiger partial charge in [-0.3, -0.25) is 9.67 Å². The molecule has 0 amide bonds. The Bertz CT molecular complexity index is 1140. The fraction of sp³-hybridized carbons (Fsp3) is 0.350. The fourth-order valence-electron chi connectivity index (χ4n) is 3.30. The van der Waals surface area contributed by atoms with Crippen LogP contribution in [0.2, 0.25) is 5.28 Å². The van der Waals surface area contributed by atoms with Crippen molar-refractivity contribution >= 4 is 28.6 Å². The molecule has 0 aliphatic heterocycles. The second-order valence-electron chi connectivity index (χ2n) is 7.38. The summed E-state index contributed by atoms with van der Waals surface area (Å²) in [5.74, 6) is 0.603. The van der Waals surface area contributed by atoms with Gasteiger partial charge in [-0.2, -0.15) is 15.1 Å². The lowest BCUT2D eigenvalue weighted by atomic mass is 10.1. The monoisotopic (exact) mass is 410 g/mol. The van der Waals surface area contributed by atoms with E-state index in [1.165, 1.54) is 0 Å². The lowest BCUT2D eigenvalue weighted by molar-refractivity contribution is 0.537. The number of rotatable bonds is 6. The van der Waals surface area contributed by atoms with E-state index in [-0.39, 0.29) is 17.4 Å². The van der Waals surface area contributed by atoms with Gasteiger partial charge >= 0.3 is 0 Å². The molecular formula is C20H23ClN8. The number of halogens is 1. The Balaban J connectivity index is 1.68. The summed E-state index contributed by atoms with van der Waals surface area (Å²) in [4.78, 5) is 17.8. The summed E-state index contributed by atoms with van der Waals surface area (Å²) < 4.78 is 3.95. The number of anilines is 1. The molecule has 0 spiro atoms. The van der Waals surface area contributed by atoms with E-state index in [1.807, 2.05) is 27.4 Å². The van der Waals surface area contributed by atoms with E-state index >= 15 is 0 Å². The van der Waals surface area contributed by atoms with Crippen LogP contribution in [0.1, 0.15) is 45.3 Å². The molecule has 29 heavy (non-hydrogen) atoms. The van der Waals surface area contributed by atoms with E-state index in [9.17, 15) is 0 Å². The zero-order chi connectivity index (χ0) is 20.5. The fourth-order valence-corrected chi connectivity index (χ4v) is 3.46. The minimum Gasteiger partial charge on any atom is -0.364 e. The van der Waals surface area contributed by atoms with E-state index in [2.05, 4.69) is 58.0 Å². The van der Waals surface area contributed by atoms with Crippen LogP contribution in [0.4, 0.5) is 5.82 Å². The van der Waals surface area contributed by atoms with E-state index in [4.69, 9.17) is 11.6 Å². The van der Waals surface area contributed by atoms with Gasteiger partial charge in [-0.05, 0) is 57.0 Å². The van der Waals surface area contributed by atoms with Crippen molar-refractivity contribution in [2.45, 2.75) is 46.3 Å². The predicted molar refractivity (Wildman–Crippen MR) is 114 cm³/mol. The first-order valence-electron chi connectivity index (χ1n) is 9.57. The highest BCUT2D eigenvalue weighted by Gasteiger charge is 2.16. The highest BCUT2D eigenvalue weighted by atomic mass is 35.5. The Morgan fingerprint density at radius 2 is 1.86 bits per heavy atom. The molecule has 8 nitrogen and oxygen atoms in total. The summed E-state index contributed by atoms with van der Waals surface area (Å²) in [6, 6.07) is 6.41. The second-order valence-corrected chi connectivity index (χ2v) is 7.72. The van der Waals surface area contributed by atoms with Crippen LogP contribution in [0.15, 0.2) is 36.9 Å². The largest absolute Gasteiger partial charge is 0.364 e. The van der Waals surface area contributed by atoms with Crippen LogP contribution in [-0.4, -0.2) is 34.3 Å². The maximum absolute atomic E-state index is 6.18. The van der Waals surface area contributed by atoms with E-state index in [0.29, 0.717) is 23.5 Å². The molecule has 0 aliphatic rings. The number of imidazole rings is 1. The molecule has 0 saturated heterocycles. The Labute approximate surface area is 174 Å². The molecule has 4 aromatic heterocycles. The molecule has 4 aromatic rings. The standard InChI is InChI=1S/C20H23ClN8/c1-12(2)28-11-24-17-18(26-20(21)27-19(17)28)23-10-14-6-5-8-22-16(14)15-7-9-25-29(15)13(3)4/h5-9,11-13H,10H2,1-4H3,(H,23,26,27). The van der Waals surface area contributed by atoms with E-state index in [0.717, 1.165) is 17.0 Å². The Morgan fingerprint density at radius 1 is 1.03 bits per heavy atom. The van der Waals surface area contributed by atoms with Crippen LogP contribution in [-0.2, 0) is 6.54 Å². The van der Waals surface area contributed by atoms with Gasteiger partial charge in [-0.15, -0.1) is 0 Å². The Morgan fingerprint density at radius 3 is 2.62 bits per heavy atom. The van der Waals surface area contributed by atoms with Crippen LogP contribution in [0, 0.1) is 0 Å². The number of fused-ring (bicyclic) bond motifs is 1. The number of aromatic nitrogens is 7. The van der Waals surface area contributed by atoms with Crippen molar-refractivity contribution in [3.8, 4) is 11.4 Å². The van der Waals surface area contributed by atoms with Crippen molar-refractivity contribution in [1.82, 2.24) is 34.3 Å². The molecule has 0 bridgehead atoms. The Hall–Kier alpha value is -3.00. The van der Waals surface area contributed by atoms with Crippen molar-refractivity contribution in [3.63, 3.8) is 0 Å². The second kappa shape index (κ2) is 7.79. The summed E-state index contributed by atoms with van der Waals surface area (Å²) in [5, 5.41) is 7.98. The topological polar surface area (TPSA) is 86.3 Å². The van der Waals surface area contributed by atoms with Crippen LogP contribution < -0.4 is 5.32 Å². The maximum atomic E-state index is 6.18. The zero-order valence-electron chi connectivity index (χ0n) is 16.8. The quantitative estimate of drug-likeness (QED) is 0.470. The van der Waals surface area contributed by atoms with Crippen molar-refractivity contribution in [3.05, 3.63) is 47.8 Å². The van der Waals surface area contributed by atoms with Gasteiger partial charge < -0.3 is 9.88 Å². The zero-order valence-corrected chi connectivity index (χ0v) is 17.6. The normalized spacial score (nSPS) is 11.7. The first-order chi connectivity index (χ1) is 14.0. The third kappa shape index (κ3) is 3.67. The molecule has 150 valence electrons. The number of pyridine rings is 1. The number of hydrogen-bond donors (Lipinski definition) is 1. The first-order valence-corrected chi connectivity index (χ1v) is 9.95. The van der Waals surface area contributed by atoms with Gasteiger partial charge in [-0.1, -0.05) is 6.07 Å². The molecule has 4 heterocycles. The van der Waals surface area contributed by atoms with Gasteiger partial charge in [0.15, 0.2) is 17.0 Å². The number of nitrogens with one attached hydrogen (secondary N) is 1. The molecule has 4 rings (SSSR count). The number of hydrogen-bond acceptors (Lipinski definition) is 6. The summed E-state index contributed by atoms with van der Waals surface area (Å²) in [6.45, 7) is 8.86. The molecule has 0 saturated carbocycles. The highest BCUT2D eigenvalue weighted by molar-refractivity contribution is 6.28. The van der Waals surface area contributed by atoms with Crippen LogP contribution in [0.3, 0.4) is 0 Å². The van der Waals surface area contributed by atoms with Crippen LogP contribution in [0.25, 0.3) is 22.6 Å². The van der Waals surface area contributed by atoms with Crippen molar-refractivity contribution in [1.29, 1.82) is 0 Å². The lowest BCUT2D eigenvalue weighted by Crippen LogP contribution is -2.09. The average molecular weight is 411 g/mol. The number of nitrogens with zero attached hydrogens (tertiary/aromatic N) is 7. The first kappa shape index (κ1) is 19.3. The van der Waals surface area contributed by atoms with Gasteiger partial charge in [0.05, 0.1) is 17.7 Å². The van der Waals surface area contributed by atoms with Crippen molar-refractivity contribution in [2.24, 2.45) is 0 Å². The van der Waals surface area contributed by atoms with Crippen LogP contribution >= 0.6 is 11.6 Å². The smallest absolute Gasteiger partial charge is 0.226 e. The Kier molecular flexibility index (Phi) is 5.19. The van der Waals surface area contributed by atoms with E-state index < -0.39 is 0 Å². The van der Waals surface area contributed by atoms with Gasteiger partial charge in [0.2, 0.25) is 5.28 Å². The minimum atomic E-state index is 0.187. The third-order valence-electron chi connectivity index (χ3n) is 4.69. The average Bonchev–Trinajstić information content (AvgIpc) is 3.33. The van der Waals surface area contributed by atoms with Gasteiger partial charge in [0.1, 0.15) is 0 Å². The molecule has 1 N–H and O–H groups in total. The molecule has 0 atom stereocenters. The lowest BCUT2D eigenvalue weighted by Gasteiger charge is -2.14. The van der Waals surface area contributed by atoms with Gasteiger partial charge in [0, 0.05) is 31.0 Å². The molecule has 0 radical (unpaired) electrons. The molecule has 0 aliphatic carbocycles. The summed E-state index contributed by atoms with van der Waals surface area (Å²) in [7, 11) is 0. The molecular weight excluding hydrogens is 388 g/mol. The maximum Gasteiger partial charge on any atom is 0.226 e. The van der Waals surface area contributed by atoms with Crippen LogP contribution in [0.5, 0.6) is 0 Å². The van der Waals surface area contributed by atoms with Crippen molar-refractivity contribution < 1.29 is 0 Å². The molecule has 0 fully saturated rings. The van der Waals surface area contributed by atoms with Gasteiger partial charge in [-0.25, -0.2) is 4.98 Å². The molecule has 0 aromatic carbocycles. The molecule has 0 unspecified atom stereocenters. The highest BCUT2D eigenvalue weighted by Crippen LogP contribution is 2.26. The predicted octanol–water partition coefficient (Wildman–Crippen LogP) is 4.51.